The minimum Gasteiger partial charge on any atom is -0.444 e. The second-order valence-corrected chi connectivity index (χ2v) is 17.4. The molecule has 5 rings (SSSR count). The van der Waals surface area contributed by atoms with E-state index in [2.05, 4.69) is 100 Å². The van der Waals surface area contributed by atoms with Crippen molar-refractivity contribution in [2.75, 3.05) is 36.0 Å². The average Bonchev–Trinajstić information content (AvgIpc) is 3.22. The van der Waals surface area contributed by atoms with Crippen LogP contribution < -0.4 is 25.9 Å². The highest BCUT2D eigenvalue weighted by Gasteiger charge is 2.51. The Morgan fingerprint density at radius 3 is 1.52 bits per heavy atom. The van der Waals surface area contributed by atoms with Crippen molar-refractivity contribution < 1.29 is 28.4 Å². The molecule has 0 aromatic heterocycles. The fraction of sp³-hybridized carbons (Fsp3) is 0.632. The number of anilines is 2. The first kappa shape index (κ1) is 39.8. The second-order valence-electron chi connectivity index (χ2n) is 16.5. The van der Waals surface area contributed by atoms with Gasteiger partial charge in [-0.05, 0) is 131 Å². The SMILES string of the molecule is CC(C)(C)OC(=O)NC1CCN(c2cccc(B3OC(C)(C)C(C)(C)O3)c2)CC1.CC(C)(C)OC(=O)NC1CCN(c2cccc(Br)c2)CC1. The van der Waals surface area contributed by atoms with Crippen molar-refractivity contribution in [3.05, 3.63) is 53.0 Å². The molecule has 0 aliphatic carbocycles. The molecule has 3 heterocycles. The van der Waals surface area contributed by atoms with Crippen molar-refractivity contribution in [2.24, 2.45) is 0 Å². The number of nitrogens with one attached hydrogen (secondary N) is 2. The van der Waals surface area contributed by atoms with E-state index in [1.807, 2.05) is 53.7 Å². The first-order chi connectivity index (χ1) is 23.2. The first-order valence-electron chi connectivity index (χ1n) is 17.9. The molecule has 2 aromatic rings. The third-order valence-electron chi connectivity index (χ3n) is 9.37. The van der Waals surface area contributed by atoms with Crippen LogP contribution in [-0.4, -0.2) is 80.0 Å². The first-order valence-corrected chi connectivity index (χ1v) is 18.7. The molecule has 12 heteroatoms. The van der Waals surface area contributed by atoms with Gasteiger partial charge in [0.05, 0.1) is 11.2 Å². The van der Waals surface area contributed by atoms with Gasteiger partial charge in [0.15, 0.2) is 0 Å². The lowest BCUT2D eigenvalue weighted by Crippen LogP contribution is -2.46. The molecule has 0 atom stereocenters. The molecule has 2 aromatic carbocycles. The Bertz CT molecular complexity index is 1430. The molecular weight excluding hydrogens is 699 g/mol. The van der Waals surface area contributed by atoms with Crippen molar-refractivity contribution in [3.63, 3.8) is 0 Å². The number of carbonyl (C=O) groups is 2. The molecule has 0 saturated carbocycles. The molecule has 2 amide bonds. The second kappa shape index (κ2) is 16.2. The third kappa shape index (κ3) is 11.8. The molecule has 0 spiro atoms. The van der Waals surface area contributed by atoms with Crippen LogP contribution in [0.1, 0.15) is 94.9 Å². The summed E-state index contributed by atoms with van der Waals surface area (Å²) in [6.45, 7) is 23.2. The number of rotatable bonds is 5. The molecule has 276 valence electrons. The molecular formula is C38H58BBrN4O6. The molecule has 50 heavy (non-hydrogen) atoms. The molecule has 10 nitrogen and oxygen atoms in total. The van der Waals surface area contributed by atoms with E-state index in [0.717, 1.165) is 67.5 Å². The molecule has 0 radical (unpaired) electrons. The quantitative estimate of drug-likeness (QED) is 0.304. The average molecular weight is 758 g/mol. The summed E-state index contributed by atoms with van der Waals surface area (Å²) in [6, 6.07) is 17.1. The largest absolute Gasteiger partial charge is 0.494 e. The number of piperidine rings is 2. The number of hydrogen-bond donors (Lipinski definition) is 2. The highest BCUT2D eigenvalue weighted by atomic mass is 79.9. The normalized spacial score (nSPS) is 19.7. The van der Waals surface area contributed by atoms with E-state index in [9.17, 15) is 9.59 Å². The van der Waals surface area contributed by atoms with Crippen molar-refractivity contribution in [3.8, 4) is 0 Å². The van der Waals surface area contributed by atoms with Gasteiger partial charge in [0, 0.05) is 54.1 Å². The van der Waals surface area contributed by atoms with Crippen molar-refractivity contribution in [1.29, 1.82) is 0 Å². The van der Waals surface area contributed by atoms with Crippen molar-refractivity contribution >= 4 is 52.1 Å². The molecule has 3 fully saturated rings. The summed E-state index contributed by atoms with van der Waals surface area (Å²) in [4.78, 5) is 28.5. The Hall–Kier alpha value is -2.96. The highest BCUT2D eigenvalue weighted by Crippen LogP contribution is 2.36. The van der Waals surface area contributed by atoms with E-state index in [0.29, 0.717) is 0 Å². The number of halogens is 1. The van der Waals surface area contributed by atoms with Crippen molar-refractivity contribution in [1.82, 2.24) is 10.6 Å². The predicted octanol–water partition coefficient (Wildman–Crippen LogP) is 7.42. The number of hydrogen-bond acceptors (Lipinski definition) is 8. The number of nitrogens with zero attached hydrogens (tertiary/aromatic N) is 2. The lowest BCUT2D eigenvalue weighted by Gasteiger charge is -2.34. The van der Waals surface area contributed by atoms with E-state index in [1.54, 1.807) is 0 Å². The van der Waals surface area contributed by atoms with Gasteiger partial charge in [0.1, 0.15) is 11.2 Å². The van der Waals surface area contributed by atoms with Gasteiger partial charge in [0.2, 0.25) is 0 Å². The summed E-state index contributed by atoms with van der Waals surface area (Å²) < 4.78 is 24.1. The standard InChI is InChI=1S/C22H35BN2O4.C16H23BrN2O2/c1-20(2,3)27-19(26)24-17-11-13-25(14-12-17)18-10-8-9-16(15-18)23-28-21(4,5)22(6,7)29-23;1-16(2,3)21-15(20)18-13-7-9-19(10-8-13)14-6-4-5-12(17)11-14/h8-10,15,17H,11-14H2,1-7H3,(H,24,26);4-6,11,13H,7-10H2,1-3H3,(H,18,20). The Labute approximate surface area is 308 Å². The zero-order valence-corrected chi connectivity index (χ0v) is 33.3. The molecule has 3 aliphatic heterocycles. The van der Waals surface area contributed by atoms with Gasteiger partial charge in [0.25, 0.3) is 0 Å². The van der Waals surface area contributed by atoms with E-state index in [1.165, 1.54) is 5.69 Å². The summed E-state index contributed by atoms with van der Waals surface area (Å²) in [6.07, 6.45) is 3.00. The van der Waals surface area contributed by atoms with E-state index >= 15 is 0 Å². The minimum absolute atomic E-state index is 0.146. The zero-order chi connectivity index (χ0) is 36.9. The molecule has 2 N–H and O–H groups in total. The highest BCUT2D eigenvalue weighted by molar-refractivity contribution is 9.10. The number of ether oxygens (including phenoxy) is 2. The lowest BCUT2D eigenvalue weighted by molar-refractivity contribution is 0.00578. The molecule has 0 bridgehead atoms. The summed E-state index contributed by atoms with van der Waals surface area (Å²) in [5.74, 6) is 0. The number of benzene rings is 2. The van der Waals surface area contributed by atoms with Gasteiger partial charge in [-0.15, -0.1) is 0 Å². The molecule has 0 unspecified atom stereocenters. The topological polar surface area (TPSA) is 102 Å². The maximum atomic E-state index is 12.0. The van der Waals surface area contributed by atoms with E-state index in [4.69, 9.17) is 18.8 Å². The Kier molecular flexibility index (Phi) is 12.9. The maximum Gasteiger partial charge on any atom is 0.494 e. The van der Waals surface area contributed by atoms with Crippen molar-refractivity contribution in [2.45, 2.75) is 129 Å². The fourth-order valence-electron chi connectivity index (χ4n) is 6.03. The summed E-state index contributed by atoms with van der Waals surface area (Å²) in [5.41, 5.74) is 1.81. The monoisotopic (exact) mass is 756 g/mol. The number of carbonyl (C=O) groups excluding carboxylic acids is 2. The minimum atomic E-state index is -0.473. The van der Waals surface area contributed by atoms with Crippen LogP contribution in [-0.2, 0) is 18.8 Å². The fourth-order valence-corrected chi connectivity index (χ4v) is 6.42. The third-order valence-corrected chi connectivity index (χ3v) is 9.86. The van der Waals surface area contributed by atoms with Crippen LogP contribution in [0.2, 0.25) is 0 Å². The Balaban J connectivity index is 0.000000237. The van der Waals surface area contributed by atoms with Crippen LogP contribution in [0, 0.1) is 0 Å². The number of amides is 2. The van der Waals surface area contributed by atoms with Crippen LogP contribution in [0.5, 0.6) is 0 Å². The van der Waals surface area contributed by atoms with Gasteiger partial charge >= 0.3 is 19.3 Å². The van der Waals surface area contributed by atoms with Crippen LogP contribution >= 0.6 is 15.9 Å². The van der Waals surface area contributed by atoms with Crippen LogP contribution in [0.15, 0.2) is 53.0 Å². The van der Waals surface area contributed by atoms with Gasteiger partial charge in [-0.2, -0.15) is 0 Å². The van der Waals surface area contributed by atoms with Gasteiger partial charge in [-0.1, -0.05) is 34.1 Å². The summed E-state index contributed by atoms with van der Waals surface area (Å²) >= 11 is 3.50. The maximum absolute atomic E-state index is 12.0. The molecule has 3 aliphatic rings. The molecule has 3 saturated heterocycles. The predicted molar refractivity (Wildman–Crippen MR) is 206 cm³/mol. The van der Waals surface area contributed by atoms with E-state index < -0.39 is 11.2 Å². The summed E-state index contributed by atoms with van der Waals surface area (Å²) in [7, 11) is -0.355. The van der Waals surface area contributed by atoms with Gasteiger partial charge < -0.3 is 39.2 Å². The van der Waals surface area contributed by atoms with Gasteiger partial charge in [-0.3, -0.25) is 0 Å². The van der Waals surface area contributed by atoms with Crippen LogP contribution in [0.25, 0.3) is 0 Å². The smallest absolute Gasteiger partial charge is 0.444 e. The Morgan fingerprint density at radius 2 is 1.12 bits per heavy atom. The zero-order valence-electron chi connectivity index (χ0n) is 31.7. The van der Waals surface area contributed by atoms with E-state index in [-0.39, 0.29) is 42.6 Å². The Morgan fingerprint density at radius 1 is 0.720 bits per heavy atom. The van der Waals surface area contributed by atoms with Crippen LogP contribution in [0.3, 0.4) is 0 Å². The summed E-state index contributed by atoms with van der Waals surface area (Å²) in [5, 5.41) is 5.96. The lowest BCUT2D eigenvalue weighted by atomic mass is 9.79. The van der Waals surface area contributed by atoms with Gasteiger partial charge in [-0.25, -0.2) is 9.59 Å². The number of alkyl carbamates (subject to hydrolysis) is 2. The van der Waals surface area contributed by atoms with Crippen LogP contribution in [0.4, 0.5) is 21.0 Å².